The van der Waals surface area contributed by atoms with Gasteiger partial charge in [0.05, 0.1) is 19.3 Å². The van der Waals surface area contributed by atoms with Gasteiger partial charge in [0, 0.05) is 6.92 Å². The summed E-state index contributed by atoms with van der Waals surface area (Å²) in [6.45, 7) is 1.57. The van der Waals surface area contributed by atoms with Crippen LogP contribution in [0.25, 0.3) is 0 Å². The van der Waals surface area contributed by atoms with Gasteiger partial charge in [0.25, 0.3) is 0 Å². The van der Waals surface area contributed by atoms with Gasteiger partial charge in [-0.2, -0.15) is 4.99 Å². The number of aliphatic imine (C=N–C) groups is 1. The Hall–Kier alpha value is -1.27. The smallest absolute Gasteiger partial charge is 0.346 e. The van der Waals surface area contributed by atoms with Gasteiger partial charge in [-0.15, -0.1) is 0 Å². The third kappa shape index (κ3) is 1.98. The van der Waals surface area contributed by atoms with E-state index in [1.807, 2.05) is 0 Å². The molecule has 88 valence electrons. The molecular weight excluding hydrogens is 212 g/mol. The number of aliphatic hydroxyl groups excluding tert-OH is 1. The van der Waals surface area contributed by atoms with Crippen molar-refractivity contribution in [3.63, 3.8) is 0 Å². The average molecular weight is 226 g/mol. The van der Waals surface area contributed by atoms with Crippen LogP contribution in [0.3, 0.4) is 0 Å². The lowest BCUT2D eigenvalue weighted by molar-refractivity contribution is -0.111. The predicted molar refractivity (Wildman–Crippen MR) is 55.2 cm³/mol. The van der Waals surface area contributed by atoms with E-state index in [1.165, 1.54) is 11.8 Å². The van der Waals surface area contributed by atoms with Crippen LogP contribution in [0.15, 0.2) is 4.99 Å². The highest BCUT2D eigenvalue weighted by Crippen LogP contribution is 2.24. The molecule has 2 aliphatic heterocycles. The van der Waals surface area contributed by atoms with E-state index in [2.05, 4.69) is 4.99 Å². The van der Waals surface area contributed by atoms with Crippen molar-refractivity contribution in [2.45, 2.75) is 32.1 Å². The second kappa shape index (κ2) is 4.31. The molecule has 2 atom stereocenters. The molecule has 1 saturated heterocycles. The second-order valence-electron chi connectivity index (χ2n) is 4.00. The van der Waals surface area contributed by atoms with E-state index in [1.54, 1.807) is 0 Å². The number of carbonyl (C=O) groups is 2. The molecule has 0 aromatic rings. The molecule has 6 heteroatoms. The Kier molecular flexibility index (Phi) is 3.02. The lowest BCUT2D eigenvalue weighted by atomic mass is 10.2. The van der Waals surface area contributed by atoms with Crippen molar-refractivity contribution < 1.29 is 19.4 Å². The molecule has 2 rings (SSSR count). The fourth-order valence-corrected chi connectivity index (χ4v) is 1.91. The molecule has 2 heterocycles. The van der Waals surface area contributed by atoms with Crippen LogP contribution >= 0.6 is 0 Å². The van der Waals surface area contributed by atoms with E-state index < -0.39 is 6.03 Å². The quantitative estimate of drug-likeness (QED) is 0.731. The first-order chi connectivity index (χ1) is 7.61. The van der Waals surface area contributed by atoms with Gasteiger partial charge in [-0.3, -0.25) is 9.69 Å². The number of rotatable bonds is 3. The summed E-state index contributed by atoms with van der Waals surface area (Å²) in [5, 5.41) is 8.92. The third-order valence-electron chi connectivity index (χ3n) is 2.84. The number of ether oxygens (including phenoxy) is 1. The summed E-state index contributed by atoms with van der Waals surface area (Å²) in [5.41, 5.74) is 0.279. The Morgan fingerprint density at radius 2 is 2.38 bits per heavy atom. The highest BCUT2D eigenvalue weighted by Gasteiger charge is 2.36. The number of amides is 2. The van der Waals surface area contributed by atoms with E-state index in [9.17, 15) is 9.59 Å². The normalized spacial score (nSPS) is 29.8. The number of carbonyl (C=O) groups excluding carboxylic acids is 2. The first kappa shape index (κ1) is 11.2. The van der Waals surface area contributed by atoms with Gasteiger partial charge in [0.2, 0.25) is 0 Å². The van der Waals surface area contributed by atoms with Gasteiger partial charge in [0.15, 0.2) is 5.78 Å². The van der Waals surface area contributed by atoms with Crippen molar-refractivity contribution in [1.82, 2.24) is 4.90 Å². The minimum Gasteiger partial charge on any atom is -0.394 e. The maximum absolute atomic E-state index is 11.5. The predicted octanol–water partition coefficient (Wildman–Crippen LogP) is -0.0506. The number of Topliss-reactive ketones (excluding diaryl/α,β-unsaturated/α-hetero) is 1. The minimum absolute atomic E-state index is 0.0427. The molecule has 0 bridgehead atoms. The van der Waals surface area contributed by atoms with Crippen molar-refractivity contribution in [2.75, 3.05) is 13.2 Å². The molecule has 2 amide bonds. The fraction of sp³-hybridized carbons (Fsp3) is 0.700. The molecule has 2 aliphatic rings. The topological polar surface area (TPSA) is 79.2 Å². The molecule has 0 aromatic heterocycles. The van der Waals surface area contributed by atoms with Crippen LogP contribution in [0.2, 0.25) is 0 Å². The molecule has 6 nitrogen and oxygen atoms in total. The molecule has 16 heavy (non-hydrogen) atoms. The minimum atomic E-state index is -0.422. The van der Waals surface area contributed by atoms with Gasteiger partial charge in [0.1, 0.15) is 11.9 Å². The standard InChI is InChI=1S/C10H14N2O4/c1-6(14)8-4-12(10(15)11-8)9-3-2-7(5-13)16-9/h7,9,13H,2-5H2,1H3/t7-,9+/m0/s1. The number of ketones is 1. The molecule has 0 aromatic carbocycles. The number of urea groups is 1. The van der Waals surface area contributed by atoms with Crippen LogP contribution in [0.1, 0.15) is 19.8 Å². The van der Waals surface area contributed by atoms with Crippen LogP contribution in [-0.4, -0.2) is 53.0 Å². The zero-order chi connectivity index (χ0) is 11.7. The van der Waals surface area contributed by atoms with Gasteiger partial charge in [-0.1, -0.05) is 0 Å². The number of hydrogen-bond acceptors (Lipinski definition) is 4. The summed E-state index contributed by atoms with van der Waals surface area (Å²) < 4.78 is 5.46. The Morgan fingerprint density at radius 3 is 2.88 bits per heavy atom. The van der Waals surface area contributed by atoms with Crippen molar-refractivity contribution in [3.05, 3.63) is 0 Å². The Labute approximate surface area is 92.9 Å². The Bertz CT molecular complexity index is 353. The Balaban J connectivity index is 1.99. The van der Waals surface area contributed by atoms with E-state index in [0.29, 0.717) is 6.42 Å². The van der Waals surface area contributed by atoms with E-state index in [4.69, 9.17) is 9.84 Å². The highest BCUT2D eigenvalue weighted by molar-refractivity contribution is 6.42. The summed E-state index contributed by atoms with van der Waals surface area (Å²) in [7, 11) is 0. The van der Waals surface area contributed by atoms with Crippen LogP contribution < -0.4 is 0 Å². The molecular formula is C10H14N2O4. The first-order valence-electron chi connectivity index (χ1n) is 5.27. The lowest BCUT2D eigenvalue weighted by Crippen LogP contribution is -2.38. The maximum Gasteiger partial charge on any atom is 0.346 e. The average Bonchev–Trinajstić information content (AvgIpc) is 2.83. The van der Waals surface area contributed by atoms with Crippen LogP contribution in [-0.2, 0) is 9.53 Å². The van der Waals surface area contributed by atoms with Crippen molar-refractivity contribution >= 4 is 17.5 Å². The number of nitrogens with zero attached hydrogens (tertiary/aromatic N) is 2. The molecule has 0 aliphatic carbocycles. The van der Waals surface area contributed by atoms with Crippen LogP contribution in [0.4, 0.5) is 4.79 Å². The molecule has 0 unspecified atom stereocenters. The maximum atomic E-state index is 11.5. The van der Waals surface area contributed by atoms with Crippen molar-refractivity contribution in [3.8, 4) is 0 Å². The van der Waals surface area contributed by atoms with E-state index >= 15 is 0 Å². The van der Waals surface area contributed by atoms with Gasteiger partial charge >= 0.3 is 6.03 Å². The molecule has 1 fully saturated rings. The zero-order valence-corrected chi connectivity index (χ0v) is 9.05. The third-order valence-corrected chi connectivity index (χ3v) is 2.84. The SMILES string of the molecule is CC(=O)C1=NC(=O)N([C@H]2CC[C@@H](CO)O2)C1. The number of hydrogen-bond donors (Lipinski definition) is 1. The second-order valence-corrected chi connectivity index (χ2v) is 4.00. The Morgan fingerprint density at radius 1 is 1.62 bits per heavy atom. The van der Waals surface area contributed by atoms with Crippen LogP contribution in [0, 0.1) is 0 Å². The van der Waals surface area contributed by atoms with Crippen LogP contribution in [0.5, 0.6) is 0 Å². The summed E-state index contributed by atoms with van der Waals surface area (Å²) in [6.07, 6.45) is 0.835. The number of aliphatic hydroxyl groups is 1. The first-order valence-corrected chi connectivity index (χ1v) is 5.27. The van der Waals surface area contributed by atoms with E-state index in [0.717, 1.165) is 6.42 Å². The monoisotopic (exact) mass is 226 g/mol. The summed E-state index contributed by atoms with van der Waals surface area (Å²) in [4.78, 5) is 27.7. The highest BCUT2D eigenvalue weighted by atomic mass is 16.5. The van der Waals surface area contributed by atoms with Gasteiger partial charge in [-0.05, 0) is 12.8 Å². The molecule has 0 saturated carbocycles. The lowest BCUT2D eigenvalue weighted by Gasteiger charge is -2.22. The van der Waals surface area contributed by atoms with Crippen molar-refractivity contribution in [1.29, 1.82) is 0 Å². The summed E-state index contributed by atoms with van der Waals surface area (Å²) in [6, 6.07) is -0.422. The summed E-state index contributed by atoms with van der Waals surface area (Å²) in [5.74, 6) is -0.187. The van der Waals surface area contributed by atoms with Crippen molar-refractivity contribution in [2.24, 2.45) is 4.99 Å². The van der Waals surface area contributed by atoms with E-state index in [-0.39, 0.29) is 37.0 Å². The fourth-order valence-electron chi connectivity index (χ4n) is 1.91. The molecule has 1 N–H and O–H groups in total. The summed E-state index contributed by atoms with van der Waals surface area (Å²) >= 11 is 0. The van der Waals surface area contributed by atoms with Gasteiger partial charge in [-0.25, -0.2) is 4.79 Å². The molecule has 0 radical (unpaired) electrons. The zero-order valence-electron chi connectivity index (χ0n) is 9.05. The largest absolute Gasteiger partial charge is 0.394 e. The molecule has 0 spiro atoms. The van der Waals surface area contributed by atoms with Gasteiger partial charge < -0.3 is 9.84 Å².